The molecule has 0 saturated heterocycles. The summed E-state index contributed by atoms with van der Waals surface area (Å²) in [5.74, 6) is -0.652. The maximum atomic E-state index is 12.3. The third-order valence-corrected chi connectivity index (χ3v) is 4.04. The average molecular weight is 309 g/mol. The van der Waals surface area contributed by atoms with Crippen molar-refractivity contribution in [3.05, 3.63) is 24.3 Å². The van der Waals surface area contributed by atoms with E-state index >= 15 is 0 Å². The van der Waals surface area contributed by atoms with Gasteiger partial charge in [-0.15, -0.1) is 11.8 Å². The molecule has 21 heavy (non-hydrogen) atoms. The molecular weight excluding hydrogens is 290 g/mol. The average Bonchev–Trinajstić information content (AvgIpc) is 3.29. The van der Waals surface area contributed by atoms with Crippen LogP contribution in [0.1, 0.15) is 19.8 Å². The Morgan fingerprint density at radius 2 is 2.00 bits per heavy atom. The Balaban J connectivity index is 1.98. The maximum Gasteiger partial charge on any atom is 0.323 e. The number of aliphatic carboxylic acids is 1. The van der Waals surface area contributed by atoms with E-state index in [2.05, 4.69) is 0 Å². The van der Waals surface area contributed by atoms with E-state index in [0.717, 1.165) is 17.7 Å². The largest absolute Gasteiger partial charge is 0.481 e. The van der Waals surface area contributed by atoms with Gasteiger partial charge in [-0.2, -0.15) is 0 Å². The summed E-state index contributed by atoms with van der Waals surface area (Å²) >= 11 is 1.63. The third-order valence-electron chi connectivity index (χ3n) is 3.30. The van der Waals surface area contributed by atoms with Crippen molar-refractivity contribution in [3.8, 4) is 5.75 Å². The van der Waals surface area contributed by atoms with Crippen molar-refractivity contribution in [2.45, 2.75) is 36.8 Å². The minimum atomic E-state index is -0.994. The molecule has 1 aromatic carbocycles. The van der Waals surface area contributed by atoms with E-state index in [9.17, 15) is 9.59 Å². The zero-order valence-corrected chi connectivity index (χ0v) is 12.9. The van der Waals surface area contributed by atoms with Crippen LogP contribution in [0.3, 0.4) is 0 Å². The van der Waals surface area contributed by atoms with Gasteiger partial charge in [0.05, 0.1) is 0 Å². The van der Waals surface area contributed by atoms with Crippen molar-refractivity contribution < 1.29 is 19.4 Å². The molecule has 5 nitrogen and oxygen atoms in total. The highest BCUT2D eigenvalue weighted by molar-refractivity contribution is 7.98. The number of amides is 1. The Morgan fingerprint density at radius 1 is 1.38 bits per heavy atom. The Kier molecular flexibility index (Phi) is 5.12. The molecule has 6 heteroatoms. The van der Waals surface area contributed by atoms with Gasteiger partial charge in [-0.05, 0) is 50.3 Å². The topological polar surface area (TPSA) is 66.8 Å². The van der Waals surface area contributed by atoms with Crippen LogP contribution in [0.25, 0.3) is 0 Å². The molecule has 1 amide bonds. The number of carbonyl (C=O) groups excluding carboxylic acids is 1. The van der Waals surface area contributed by atoms with Gasteiger partial charge in [0.2, 0.25) is 0 Å². The van der Waals surface area contributed by atoms with E-state index < -0.39 is 12.1 Å². The SMILES string of the molecule is CSc1ccc(OC(C)C(=O)N(CC(=O)O)C2CC2)cc1. The van der Waals surface area contributed by atoms with Gasteiger partial charge in [0.15, 0.2) is 6.10 Å². The molecule has 1 fully saturated rings. The maximum absolute atomic E-state index is 12.3. The Hall–Kier alpha value is -1.69. The molecule has 1 aliphatic carbocycles. The quantitative estimate of drug-likeness (QED) is 0.783. The predicted molar refractivity (Wildman–Crippen MR) is 80.7 cm³/mol. The lowest BCUT2D eigenvalue weighted by Gasteiger charge is -2.24. The number of nitrogens with zero attached hydrogens (tertiary/aromatic N) is 1. The van der Waals surface area contributed by atoms with Crippen molar-refractivity contribution in [2.24, 2.45) is 0 Å². The summed E-state index contributed by atoms with van der Waals surface area (Å²) in [6.07, 6.45) is 3.04. The van der Waals surface area contributed by atoms with Gasteiger partial charge in [-0.25, -0.2) is 0 Å². The highest BCUT2D eigenvalue weighted by Gasteiger charge is 2.36. The molecule has 0 heterocycles. The highest BCUT2D eigenvalue weighted by atomic mass is 32.2. The van der Waals surface area contributed by atoms with E-state index in [-0.39, 0.29) is 18.5 Å². The Morgan fingerprint density at radius 3 is 2.48 bits per heavy atom. The monoisotopic (exact) mass is 309 g/mol. The Labute approximate surface area is 128 Å². The summed E-state index contributed by atoms with van der Waals surface area (Å²) in [6.45, 7) is 1.39. The van der Waals surface area contributed by atoms with Crippen LogP contribution in [0.4, 0.5) is 0 Å². The summed E-state index contributed by atoms with van der Waals surface area (Å²) < 4.78 is 5.62. The zero-order chi connectivity index (χ0) is 15.4. The van der Waals surface area contributed by atoms with Crippen LogP contribution >= 0.6 is 11.8 Å². The van der Waals surface area contributed by atoms with Gasteiger partial charge in [0, 0.05) is 10.9 Å². The fourth-order valence-corrected chi connectivity index (χ4v) is 2.47. The molecule has 0 aliphatic heterocycles. The van der Waals surface area contributed by atoms with Crippen LogP contribution in [0.2, 0.25) is 0 Å². The molecule has 1 unspecified atom stereocenters. The van der Waals surface area contributed by atoms with Crippen LogP contribution in [-0.2, 0) is 9.59 Å². The van der Waals surface area contributed by atoms with E-state index in [1.54, 1.807) is 18.7 Å². The van der Waals surface area contributed by atoms with E-state index in [1.165, 1.54) is 4.90 Å². The van der Waals surface area contributed by atoms with Crippen molar-refractivity contribution in [2.75, 3.05) is 12.8 Å². The number of hydrogen-bond donors (Lipinski definition) is 1. The lowest BCUT2D eigenvalue weighted by molar-refractivity contribution is -0.148. The first-order valence-corrected chi connectivity index (χ1v) is 8.06. The molecule has 1 aromatic rings. The standard InChI is InChI=1S/C15H19NO4S/c1-10(20-12-5-7-13(21-2)8-6-12)15(19)16(9-14(17)18)11-3-4-11/h5-8,10-11H,3-4,9H2,1-2H3,(H,17,18). The minimum Gasteiger partial charge on any atom is -0.481 e. The summed E-state index contributed by atoms with van der Waals surface area (Å²) in [7, 11) is 0. The molecule has 1 N–H and O–H groups in total. The van der Waals surface area contributed by atoms with Gasteiger partial charge in [-0.3, -0.25) is 9.59 Å². The second-order valence-electron chi connectivity index (χ2n) is 5.03. The number of benzene rings is 1. The van der Waals surface area contributed by atoms with E-state index in [4.69, 9.17) is 9.84 Å². The highest BCUT2D eigenvalue weighted by Crippen LogP contribution is 2.28. The van der Waals surface area contributed by atoms with Gasteiger partial charge in [0.1, 0.15) is 12.3 Å². The number of hydrogen-bond acceptors (Lipinski definition) is 4. The summed E-state index contributed by atoms with van der Waals surface area (Å²) in [4.78, 5) is 25.7. The van der Waals surface area contributed by atoms with Crippen molar-refractivity contribution in [1.82, 2.24) is 4.90 Å². The van der Waals surface area contributed by atoms with Crippen LogP contribution in [0.5, 0.6) is 5.75 Å². The molecule has 114 valence electrons. The second kappa shape index (κ2) is 6.85. The van der Waals surface area contributed by atoms with Gasteiger partial charge in [0.25, 0.3) is 5.91 Å². The lowest BCUT2D eigenvalue weighted by atomic mass is 10.3. The molecule has 1 aliphatic rings. The van der Waals surface area contributed by atoms with Crippen molar-refractivity contribution in [1.29, 1.82) is 0 Å². The Bertz CT molecular complexity index is 513. The molecule has 0 bridgehead atoms. The number of carboxylic acid groups (broad SMARTS) is 1. The van der Waals surface area contributed by atoms with Crippen LogP contribution in [0.15, 0.2) is 29.2 Å². The van der Waals surface area contributed by atoms with E-state index in [0.29, 0.717) is 5.75 Å². The first-order chi connectivity index (χ1) is 10.0. The molecule has 0 spiro atoms. The second-order valence-corrected chi connectivity index (χ2v) is 5.91. The number of rotatable bonds is 7. The molecule has 0 radical (unpaired) electrons. The number of carbonyl (C=O) groups is 2. The fraction of sp³-hybridized carbons (Fsp3) is 0.467. The summed E-state index contributed by atoms with van der Waals surface area (Å²) in [5, 5.41) is 8.90. The summed E-state index contributed by atoms with van der Waals surface area (Å²) in [5.41, 5.74) is 0. The van der Waals surface area contributed by atoms with Gasteiger partial charge < -0.3 is 14.7 Å². The van der Waals surface area contributed by atoms with Gasteiger partial charge >= 0.3 is 5.97 Å². The first-order valence-electron chi connectivity index (χ1n) is 6.84. The molecule has 1 saturated carbocycles. The number of thioether (sulfide) groups is 1. The fourth-order valence-electron chi connectivity index (χ4n) is 2.06. The predicted octanol–water partition coefficient (Wildman–Crippen LogP) is 2.25. The smallest absolute Gasteiger partial charge is 0.323 e. The molecular formula is C15H19NO4S. The first kappa shape index (κ1) is 15.7. The summed E-state index contributed by atoms with van der Waals surface area (Å²) in [6, 6.07) is 7.53. The third kappa shape index (κ3) is 4.39. The normalized spacial score (nSPS) is 15.3. The zero-order valence-electron chi connectivity index (χ0n) is 12.1. The van der Waals surface area contributed by atoms with Crippen LogP contribution in [-0.4, -0.2) is 46.8 Å². The van der Waals surface area contributed by atoms with Crippen LogP contribution in [0, 0.1) is 0 Å². The molecule has 2 rings (SSSR count). The molecule has 1 atom stereocenters. The van der Waals surface area contributed by atoms with Crippen LogP contribution < -0.4 is 4.74 Å². The van der Waals surface area contributed by atoms with Crippen molar-refractivity contribution >= 4 is 23.6 Å². The minimum absolute atomic E-state index is 0.0542. The van der Waals surface area contributed by atoms with Crippen molar-refractivity contribution in [3.63, 3.8) is 0 Å². The number of carboxylic acids is 1. The molecule has 0 aromatic heterocycles. The van der Waals surface area contributed by atoms with E-state index in [1.807, 2.05) is 30.5 Å². The lowest BCUT2D eigenvalue weighted by Crippen LogP contribution is -2.44. The van der Waals surface area contributed by atoms with Gasteiger partial charge in [-0.1, -0.05) is 0 Å². The number of ether oxygens (including phenoxy) is 1.